The van der Waals surface area contributed by atoms with E-state index in [-0.39, 0.29) is 12.4 Å². The first-order valence-corrected chi connectivity index (χ1v) is 6.77. The lowest BCUT2D eigenvalue weighted by Gasteiger charge is -2.00. The number of hydrogen-bond donors (Lipinski definition) is 1. The van der Waals surface area contributed by atoms with Crippen LogP contribution in [0.3, 0.4) is 0 Å². The third kappa shape index (κ3) is 4.14. The lowest BCUT2D eigenvalue weighted by molar-refractivity contribution is 0.455. The van der Waals surface area contributed by atoms with Gasteiger partial charge in [0, 0.05) is 10.6 Å². The second-order valence-corrected chi connectivity index (χ2v) is 4.89. The highest BCUT2D eigenvalue weighted by Gasteiger charge is 2.05. The van der Waals surface area contributed by atoms with E-state index in [4.69, 9.17) is 20.4 Å². The fourth-order valence-corrected chi connectivity index (χ4v) is 2.09. The minimum atomic E-state index is 0. The second kappa shape index (κ2) is 7.36. The zero-order valence-corrected chi connectivity index (χ0v) is 12.8. The van der Waals surface area contributed by atoms with Crippen molar-refractivity contribution in [2.75, 3.05) is 0 Å². The predicted molar refractivity (Wildman–Crippen MR) is 85.7 cm³/mol. The maximum atomic E-state index is 5.87. The Hall–Kier alpha value is -1.68. The van der Waals surface area contributed by atoms with E-state index in [9.17, 15) is 0 Å². The van der Waals surface area contributed by atoms with Crippen molar-refractivity contribution in [1.29, 1.82) is 0 Å². The zero-order valence-electron chi connectivity index (χ0n) is 11.2. The summed E-state index contributed by atoms with van der Waals surface area (Å²) < 4.78 is 11.0. The van der Waals surface area contributed by atoms with Crippen molar-refractivity contribution in [3.8, 4) is 11.3 Å². The molecule has 0 saturated carbocycles. The van der Waals surface area contributed by atoms with Gasteiger partial charge in [0.1, 0.15) is 17.3 Å². The highest BCUT2D eigenvalue weighted by atomic mass is 35.5. The van der Waals surface area contributed by atoms with Gasteiger partial charge in [0.05, 0.1) is 19.4 Å². The molecule has 0 saturated heterocycles. The van der Waals surface area contributed by atoms with Crippen LogP contribution in [0.15, 0.2) is 63.6 Å². The van der Waals surface area contributed by atoms with Gasteiger partial charge >= 0.3 is 0 Å². The Balaban J connectivity index is 0.00000161. The van der Waals surface area contributed by atoms with Crippen LogP contribution in [0.4, 0.5) is 0 Å². The summed E-state index contributed by atoms with van der Waals surface area (Å²) in [7, 11) is 0. The molecule has 0 aliphatic rings. The number of rotatable bonds is 5. The van der Waals surface area contributed by atoms with Crippen molar-refractivity contribution in [2.45, 2.75) is 13.1 Å². The molecule has 3 nitrogen and oxygen atoms in total. The molecule has 0 radical (unpaired) electrons. The molecule has 110 valence electrons. The van der Waals surface area contributed by atoms with Gasteiger partial charge in [-0.1, -0.05) is 11.6 Å². The van der Waals surface area contributed by atoms with Crippen molar-refractivity contribution in [3.63, 3.8) is 0 Å². The van der Waals surface area contributed by atoms with Gasteiger partial charge in [-0.2, -0.15) is 0 Å². The summed E-state index contributed by atoms with van der Waals surface area (Å²) >= 11 is 5.87. The Kier molecular flexibility index (Phi) is 5.51. The van der Waals surface area contributed by atoms with E-state index in [1.165, 1.54) is 0 Å². The monoisotopic (exact) mass is 323 g/mol. The minimum absolute atomic E-state index is 0. The molecule has 0 aliphatic heterocycles. The Morgan fingerprint density at radius 1 is 0.905 bits per heavy atom. The molecule has 2 aromatic heterocycles. The van der Waals surface area contributed by atoms with E-state index in [1.54, 1.807) is 6.26 Å². The van der Waals surface area contributed by atoms with Gasteiger partial charge in [-0.15, -0.1) is 12.4 Å². The second-order valence-electron chi connectivity index (χ2n) is 4.46. The van der Waals surface area contributed by atoms with Gasteiger partial charge in [-0.3, -0.25) is 0 Å². The van der Waals surface area contributed by atoms with E-state index >= 15 is 0 Å². The van der Waals surface area contributed by atoms with E-state index in [0.29, 0.717) is 13.1 Å². The summed E-state index contributed by atoms with van der Waals surface area (Å²) in [5.41, 5.74) is 1.02. The molecular formula is C16H15Cl2NO2. The molecule has 0 aliphatic carbocycles. The van der Waals surface area contributed by atoms with Crippen LogP contribution in [0.25, 0.3) is 11.3 Å². The zero-order chi connectivity index (χ0) is 13.8. The van der Waals surface area contributed by atoms with Crippen LogP contribution in [-0.2, 0) is 13.1 Å². The molecule has 0 unspecified atom stereocenters. The van der Waals surface area contributed by atoms with Gasteiger partial charge < -0.3 is 14.2 Å². The Labute approximate surface area is 134 Å². The highest BCUT2D eigenvalue weighted by molar-refractivity contribution is 6.30. The standard InChI is InChI=1S/C16H14ClNO2.ClH/c17-13-5-3-12(4-6-13)16-8-7-15(20-16)11-18-10-14-2-1-9-19-14;/h1-9,18H,10-11H2;1H. The summed E-state index contributed by atoms with van der Waals surface area (Å²) in [6.45, 7) is 1.35. The van der Waals surface area contributed by atoms with E-state index in [1.807, 2.05) is 48.5 Å². The summed E-state index contributed by atoms with van der Waals surface area (Å²) in [6, 6.07) is 15.4. The summed E-state index contributed by atoms with van der Waals surface area (Å²) in [5, 5.41) is 3.99. The van der Waals surface area contributed by atoms with Crippen molar-refractivity contribution < 1.29 is 8.83 Å². The Bertz CT molecular complexity index is 660. The first-order valence-electron chi connectivity index (χ1n) is 6.39. The number of halogens is 2. The number of hydrogen-bond acceptors (Lipinski definition) is 3. The molecule has 0 spiro atoms. The molecule has 1 N–H and O–H groups in total. The SMILES string of the molecule is Cl.Clc1ccc(-c2ccc(CNCc3ccco3)o2)cc1. The van der Waals surface area contributed by atoms with Gasteiger partial charge in [0.2, 0.25) is 0 Å². The highest BCUT2D eigenvalue weighted by Crippen LogP contribution is 2.23. The molecule has 3 rings (SSSR count). The van der Waals surface area contributed by atoms with E-state index in [0.717, 1.165) is 27.9 Å². The number of nitrogens with one attached hydrogen (secondary N) is 1. The fraction of sp³-hybridized carbons (Fsp3) is 0.125. The molecule has 0 atom stereocenters. The van der Waals surface area contributed by atoms with E-state index in [2.05, 4.69) is 5.32 Å². The maximum Gasteiger partial charge on any atom is 0.134 e. The Morgan fingerprint density at radius 3 is 2.38 bits per heavy atom. The van der Waals surface area contributed by atoms with Crippen LogP contribution in [0.5, 0.6) is 0 Å². The predicted octanol–water partition coefficient (Wildman–Crippen LogP) is 4.90. The van der Waals surface area contributed by atoms with Crippen molar-refractivity contribution in [2.24, 2.45) is 0 Å². The number of furan rings is 2. The van der Waals surface area contributed by atoms with Crippen LogP contribution in [0.2, 0.25) is 5.02 Å². The van der Waals surface area contributed by atoms with Crippen molar-refractivity contribution in [1.82, 2.24) is 5.32 Å². The summed E-state index contributed by atoms with van der Waals surface area (Å²) in [4.78, 5) is 0. The molecule has 3 aromatic rings. The van der Waals surface area contributed by atoms with Gasteiger partial charge in [0.15, 0.2) is 0 Å². The average molecular weight is 324 g/mol. The summed E-state index contributed by atoms with van der Waals surface area (Å²) in [6.07, 6.45) is 1.67. The molecule has 1 aromatic carbocycles. The van der Waals surface area contributed by atoms with Crippen LogP contribution in [0.1, 0.15) is 11.5 Å². The molecule has 5 heteroatoms. The van der Waals surface area contributed by atoms with Crippen LogP contribution in [0, 0.1) is 0 Å². The van der Waals surface area contributed by atoms with Crippen LogP contribution in [-0.4, -0.2) is 0 Å². The Morgan fingerprint density at radius 2 is 1.67 bits per heavy atom. The first-order chi connectivity index (χ1) is 9.81. The molecule has 0 fully saturated rings. The lowest BCUT2D eigenvalue weighted by Crippen LogP contribution is -2.11. The summed E-state index contributed by atoms with van der Waals surface area (Å²) in [5.74, 6) is 2.65. The van der Waals surface area contributed by atoms with Gasteiger partial charge in [-0.05, 0) is 48.5 Å². The van der Waals surface area contributed by atoms with Crippen LogP contribution < -0.4 is 5.32 Å². The molecular weight excluding hydrogens is 309 g/mol. The average Bonchev–Trinajstić information content (AvgIpc) is 3.11. The first kappa shape index (κ1) is 15.7. The van der Waals surface area contributed by atoms with Crippen molar-refractivity contribution >= 4 is 24.0 Å². The largest absolute Gasteiger partial charge is 0.468 e. The molecule has 2 heterocycles. The molecule has 21 heavy (non-hydrogen) atoms. The van der Waals surface area contributed by atoms with E-state index < -0.39 is 0 Å². The normalized spacial score (nSPS) is 10.3. The third-order valence-corrected chi connectivity index (χ3v) is 3.22. The quantitative estimate of drug-likeness (QED) is 0.725. The van der Waals surface area contributed by atoms with Gasteiger partial charge in [-0.25, -0.2) is 0 Å². The maximum absolute atomic E-state index is 5.87. The molecule has 0 bridgehead atoms. The molecule has 0 amide bonds. The third-order valence-electron chi connectivity index (χ3n) is 2.97. The lowest BCUT2D eigenvalue weighted by atomic mass is 10.2. The van der Waals surface area contributed by atoms with Crippen molar-refractivity contribution in [3.05, 3.63) is 71.3 Å². The van der Waals surface area contributed by atoms with Crippen LogP contribution >= 0.6 is 24.0 Å². The fourth-order valence-electron chi connectivity index (χ4n) is 1.96. The topological polar surface area (TPSA) is 38.3 Å². The van der Waals surface area contributed by atoms with Gasteiger partial charge in [0.25, 0.3) is 0 Å². The smallest absolute Gasteiger partial charge is 0.134 e. The number of benzene rings is 1. The minimum Gasteiger partial charge on any atom is -0.468 e.